The van der Waals surface area contributed by atoms with Crippen LogP contribution in [0.4, 0.5) is 4.39 Å². The fraction of sp³-hybridized carbons (Fsp3) is 0.833. The minimum absolute atomic E-state index is 0.0205. The highest BCUT2D eigenvalue weighted by atomic mass is 35.5. The number of carbonyl (C=O) groups is 1. The summed E-state index contributed by atoms with van der Waals surface area (Å²) in [6.45, 7) is 2.58. The predicted octanol–water partition coefficient (Wildman–Crippen LogP) is 4.83. The van der Waals surface area contributed by atoms with Gasteiger partial charge in [-0.3, -0.25) is 9.48 Å². The average molecular weight is 435 g/mol. The average Bonchev–Trinajstić information content (AvgIpc) is 3.02. The smallest absolute Gasteiger partial charge is 0.157 e. The molecule has 5 aliphatic rings. The maximum atomic E-state index is 16.5. The minimum atomic E-state index is -1.09. The van der Waals surface area contributed by atoms with E-state index in [-0.39, 0.29) is 41.4 Å². The van der Waals surface area contributed by atoms with Gasteiger partial charge in [-0.2, -0.15) is 5.10 Å². The summed E-state index contributed by atoms with van der Waals surface area (Å²) in [6, 6.07) is 0. The summed E-state index contributed by atoms with van der Waals surface area (Å²) in [5, 5.41) is 15.3. The second-order valence-electron chi connectivity index (χ2n) is 11.4. The van der Waals surface area contributed by atoms with Gasteiger partial charge in [0.25, 0.3) is 0 Å². The first kappa shape index (κ1) is 19.7. The van der Waals surface area contributed by atoms with Crippen molar-refractivity contribution in [3.63, 3.8) is 0 Å². The molecule has 5 saturated carbocycles. The third-order valence-electron chi connectivity index (χ3n) is 10.3. The largest absolute Gasteiger partial charge is 0.390 e. The van der Waals surface area contributed by atoms with E-state index in [9.17, 15) is 9.90 Å². The molecule has 1 aromatic rings. The summed E-state index contributed by atoms with van der Waals surface area (Å²) >= 11 is 5.96. The zero-order valence-electron chi connectivity index (χ0n) is 17.7. The molecular formula is C24H32ClFN2O2. The second-order valence-corrected chi connectivity index (χ2v) is 11.8. The van der Waals surface area contributed by atoms with E-state index >= 15 is 4.39 Å². The van der Waals surface area contributed by atoms with Crippen LogP contribution in [-0.2, 0) is 11.3 Å². The van der Waals surface area contributed by atoms with Crippen molar-refractivity contribution in [2.75, 3.05) is 0 Å². The molecule has 1 N–H and O–H groups in total. The lowest BCUT2D eigenvalue weighted by Crippen LogP contribution is -2.57. The Bertz CT molecular complexity index is 890. The molecule has 9 atom stereocenters. The van der Waals surface area contributed by atoms with Gasteiger partial charge in [0.2, 0.25) is 0 Å². The van der Waals surface area contributed by atoms with Crippen LogP contribution in [0.3, 0.4) is 0 Å². The molecule has 1 heterocycles. The number of rotatable bonds is 3. The highest BCUT2D eigenvalue weighted by Gasteiger charge is 2.71. The van der Waals surface area contributed by atoms with Crippen molar-refractivity contribution in [3.8, 4) is 0 Å². The van der Waals surface area contributed by atoms with Gasteiger partial charge in [0.1, 0.15) is 5.67 Å². The first-order chi connectivity index (χ1) is 14.2. The molecule has 30 heavy (non-hydrogen) atoms. The Kier molecular flexibility index (Phi) is 4.15. The molecular weight excluding hydrogens is 403 g/mol. The van der Waals surface area contributed by atoms with Crippen LogP contribution >= 0.6 is 11.6 Å². The molecule has 164 valence electrons. The number of ketones is 1. The predicted molar refractivity (Wildman–Crippen MR) is 112 cm³/mol. The monoisotopic (exact) mass is 434 g/mol. The molecule has 4 nitrogen and oxygen atoms in total. The van der Waals surface area contributed by atoms with Crippen molar-refractivity contribution in [3.05, 3.63) is 17.4 Å². The maximum Gasteiger partial charge on any atom is 0.157 e. The third-order valence-corrected chi connectivity index (χ3v) is 10.5. The fourth-order valence-corrected chi connectivity index (χ4v) is 8.99. The number of fused-ring (bicyclic) bond motifs is 7. The molecule has 1 aromatic heterocycles. The quantitative estimate of drug-likeness (QED) is 0.741. The van der Waals surface area contributed by atoms with Crippen LogP contribution in [0.1, 0.15) is 64.7 Å². The van der Waals surface area contributed by atoms with Gasteiger partial charge in [-0.25, -0.2) is 4.39 Å². The summed E-state index contributed by atoms with van der Waals surface area (Å²) in [6.07, 6.45) is 11.1. The molecule has 0 radical (unpaired) electrons. The summed E-state index contributed by atoms with van der Waals surface area (Å²) in [5.41, 5.74) is -1.66. The van der Waals surface area contributed by atoms with Crippen molar-refractivity contribution in [1.29, 1.82) is 0 Å². The Labute approximate surface area is 182 Å². The molecule has 0 aromatic carbocycles. The van der Waals surface area contributed by atoms with Crippen LogP contribution in [0.5, 0.6) is 0 Å². The third kappa shape index (κ3) is 2.60. The number of hydrogen-bond acceptors (Lipinski definition) is 3. The first-order valence-corrected chi connectivity index (χ1v) is 12.2. The molecule has 0 spiro atoms. The second kappa shape index (κ2) is 6.31. The van der Waals surface area contributed by atoms with Gasteiger partial charge in [-0.1, -0.05) is 18.5 Å². The van der Waals surface area contributed by atoms with E-state index in [2.05, 4.69) is 12.0 Å². The first-order valence-electron chi connectivity index (χ1n) is 11.9. The van der Waals surface area contributed by atoms with Crippen molar-refractivity contribution in [2.24, 2.45) is 40.9 Å². The zero-order valence-corrected chi connectivity index (χ0v) is 18.5. The number of aromatic nitrogens is 2. The van der Waals surface area contributed by atoms with Crippen LogP contribution in [0, 0.1) is 40.9 Å². The Morgan fingerprint density at radius 2 is 1.97 bits per heavy atom. The molecule has 5 aliphatic carbocycles. The van der Waals surface area contributed by atoms with Gasteiger partial charge in [-0.15, -0.1) is 0 Å². The zero-order chi connectivity index (χ0) is 20.9. The van der Waals surface area contributed by atoms with Crippen molar-refractivity contribution >= 4 is 17.4 Å². The number of nitrogens with zero attached hydrogens (tertiary/aromatic N) is 2. The number of halogens is 2. The van der Waals surface area contributed by atoms with E-state index in [0.29, 0.717) is 29.7 Å². The normalized spacial score (nSPS) is 51.5. The lowest BCUT2D eigenvalue weighted by atomic mass is 9.48. The van der Waals surface area contributed by atoms with E-state index in [1.807, 2.05) is 0 Å². The van der Waals surface area contributed by atoms with E-state index in [1.54, 1.807) is 17.1 Å². The van der Waals surface area contributed by atoms with E-state index < -0.39 is 11.3 Å². The SMILES string of the molecule is C[C@]12CC[C@H]3[C@@H](CC[C@@H]4C5C[C@@]5(O)CC[C@@]43F)[C@@H]1CC[C@@H]2C(=O)Cn1cc(Cl)cn1. The number of aliphatic hydroxyl groups is 1. The molecule has 0 aliphatic heterocycles. The molecule has 6 heteroatoms. The standard InChI is InChI=1S/C24H32ClFN2O2/c1-22-7-6-17-15(2-3-18-20-10-23(20,30)8-9-24(17,18)26)16(22)4-5-19(22)21(29)13-28-12-14(25)11-27-28/h11-12,15-20,30H,2-10,13H2,1H3/t15-,16-,17-,18+,19+,20?,22-,23-,24-/m0/s1. The summed E-state index contributed by atoms with van der Waals surface area (Å²) < 4.78 is 18.2. The van der Waals surface area contributed by atoms with Crippen molar-refractivity contribution in [2.45, 2.75) is 82.5 Å². The van der Waals surface area contributed by atoms with E-state index in [1.165, 1.54) is 0 Å². The highest BCUT2D eigenvalue weighted by molar-refractivity contribution is 6.30. The van der Waals surface area contributed by atoms with Gasteiger partial charge in [-0.05, 0) is 92.8 Å². The number of Topliss-reactive ketones (excluding diaryl/α,β-unsaturated/α-hetero) is 1. The van der Waals surface area contributed by atoms with Crippen LogP contribution in [-0.4, -0.2) is 31.9 Å². The van der Waals surface area contributed by atoms with E-state index in [0.717, 1.165) is 44.9 Å². The lowest BCUT2D eigenvalue weighted by molar-refractivity contribution is -0.153. The number of carbonyl (C=O) groups excluding carboxylic acids is 1. The van der Waals surface area contributed by atoms with Gasteiger partial charge in [0.15, 0.2) is 5.78 Å². The van der Waals surface area contributed by atoms with Gasteiger partial charge in [0, 0.05) is 12.1 Å². The molecule has 1 unspecified atom stereocenters. The lowest BCUT2D eigenvalue weighted by Gasteiger charge is -2.58. The summed E-state index contributed by atoms with van der Waals surface area (Å²) in [5.74, 6) is 1.52. The number of hydrogen-bond donors (Lipinski definition) is 1. The van der Waals surface area contributed by atoms with Crippen LogP contribution in [0.2, 0.25) is 5.02 Å². The van der Waals surface area contributed by atoms with Gasteiger partial charge < -0.3 is 5.11 Å². The summed E-state index contributed by atoms with van der Waals surface area (Å²) in [4.78, 5) is 13.2. The Hall–Kier alpha value is -0.940. The van der Waals surface area contributed by atoms with Crippen LogP contribution in [0.25, 0.3) is 0 Å². The maximum absolute atomic E-state index is 16.5. The molecule has 0 amide bonds. The highest BCUT2D eigenvalue weighted by Crippen LogP contribution is 2.70. The van der Waals surface area contributed by atoms with Crippen LogP contribution in [0.15, 0.2) is 12.4 Å². The molecule has 0 saturated heterocycles. The Balaban J connectivity index is 1.22. The van der Waals surface area contributed by atoms with Gasteiger partial charge >= 0.3 is 0 Å². The Morgan fingerprint density at radius 3 is 2.73 bits per heavy atom. The number of alkyl halides is 1. The van der Waals surface area contributed by atoms with Crippen LogP contribution < -0.4 is 0 Å². The molecule has 6 rings (SSSR count). The molecule has 0 bridgehead atoms. The van der Waals surface area contributed by atoms with Crippen molar-refractivity contribution in [1.82, 2.24) is 9.78 Å². The fourth-order valence-electron chi connectivity index (χ4n) is 8.84. The molecule has 5 fully saturated rings. The van der Waals surface area contributed by atoms with Crippen molar-refractivity contribution < 1.29 is 14.3 Å². The Morgan fingerprint density at radius 1 is 1.17 bits per heavy atom. The summed E-state index contributed by atoms with van der Waals surface area (Å²) in [7, 11) is 0. The van der Waals surface area contributed by atoms with Gasteiger partial charge in [0.05, 0.1) is 23.4 Å². The topological polar surface area (TPSA) is 55.1 Å². The minimum Gasteiger partial charge on any atom is -0.390 e. The van der Waals surface area contributed by atoms with E-state index in [4.69, 9.17) is 11.6 Å².